The maximum absolute atomic E-state index is 12.5. The summed E-state index contributed by atoms with van der Waals surface area (Å²) in [4.78, 5) is 28.8. The van der Waals surface area contributed by atoms with Gasteiger partial charge in [0.15, 0.2) is 0 Å². The fraction of sp³-hybridized carbons (Fsp3) is 0.556. The molecule has 0 bridgehead atoms. The van der Waals surface area contributed by atoms with E-state index in [1.54, 1.807) is 12.1 Å². The molecular weight excluding hydrogens is 326 g/mol. The van der Waals surface area contributed by atoms with E-state index in [0.29, 0.717) is 23.8 Å². The van der Waals surface area contributed by atoms with Gasteiger partial charge in [0.05, 0.1) is 12.5 Å². The highest BCUT2D eigenvalue weighted by Crippen LogP contribution is 2.21. The van der Waals surface area contributed by atoms with Crippen molar-refractivity contribution in [2.45, 2.75) is 25.7 Å². The van der Waals surface area contributed by atoms with Gasteiger partial charge in [-0.05, 0) is 50.4 Å². The number of carbonyl (C=O) groups is 2. The fourth-order valence-corrected chi connectivity index (χ4v) is 3.76. The molecule has 2 saturated heterocycles. The number of nitrogens with zero attached hydrogens (tertiary/aromatic N) is 2. The van der Waals surface area contributed by atoms with Crippen molar-refractivity contribution in [1.29, 1.82) is 0 Å². The number of anilines is 1. The summed E-state index contributed by atoms with van der Waals surface area (Å²) in [5, 5.41) is 3.47. The second-order valence-electron chi connectivity index (χ2n) is 6.67. The Balaban J connectivity index is 1.51. The summed E-state index contributed by atoms with van der Waals surface area (Å²) >= 11 is 5.93. The Morgan fingerprint density at radius 3 is 2.71 bits per heavy atom. The Hall–Kier alpha value is -1.59. The molecule has 0 unspecified atom stereocenters. The van der Waals surface area contributed by atoms with Gasteiger partial charge in [-0.1, -0.05) is 17.7 Å². The predicted octanol–water partition coefficient (Wildman–Crippen LogP) is 2.61. The van der Waals surface area contributed by atoms with Crippen LogP contribution in [0.4, 0.5) is 5.69 Å². The molecule has 1 aromatic rings. The molecule has 2 heterocycles. The summed E-state index contributed by atoms with van der Waals surface area (Å²) in [7, 11) is 0. The third kappa shape index (κ3) is 4.48. The lowest BCUT2D eigenvalue weighted by molar-refractivity contribution is -0.136. The van der Waals surface area contributed by atoms with Gasteiger partial charge in [-0.15, -0.1) is 0 Å². The maximum atomic E-state index is 12.5. The third-order valence-electron chi connectivity index (χ3n) is 4.75. The molecule has 2 aliphatic heterocycles. The molecular formula is C18H24ClN3O2. The first-order chi connectivity index (χ1) is 11.6. The van der Waals surface area contributed by atoms with Gasteiger partial charge < -0.3 is 10.2 Å². The lowest BCUT2D eigenvalue weighted by atomic mass is 9.96. The highest BCUT2D eigenvalue weighted by atomic mass is 35.5. The van der Waals surface area contributed by atoms with Gasteiger partial charge in [0.2, 0.25) is 11.8 Å². The molecule has 1 N–H and O–H groups in total. The number of halogens is 1. The maximum Gasteiger partial charge on any atom is 0.238 e. The summed E-state index contributed by atoms with van der Waals surface area (Å²) in [6, 6.07) is 7.13. The van der Waals surface area contributed by atoms with Crippen molar-refractivity contribution in [3.05, 3.63) is 29.3 Å². The lowest BCUT2D eigenvalue weighted by Crippen LogP contribution is -2.46. The summed E-state index contributed by atoms with van der Waals surface area (Å²) in [5.41, 5.74) is 0.703. The van der Waals surface area contributed by atoms with E-state index >= 15 is 0 Å². The van der Waals surface area contributed by atoms with Crippen LogP contribution < -0.4 is 5.32 Å². The van der Waals surface area contributed by atoms with Crippen molar-refractivity contribution in [1.82, 2.24) is 9.80 Å². The van der Waals surface area contributed by atoms with Crippen LogP contribution >= 0.6 is 11.6 Å². The Morgan fingerprint density at radius 2 is 1.96 bits per heavy atom. The van der Waals surface area contributed by atoms with E-state index < -0.39 is 0 Å². The lowest BCUT2D eigenvalue weighted by Gasteiger charge is -2.33. The molecule has 0 spiro atoms. The predicted molar refractivity (Wildman–Crippen MR) is 95.1 cm³/mol. The van der Waals surface area contributed by atoms with Gasteiger partial charge in [-0.3, -0.25) is 14.5 Å². The summed E-state index contributed by atoms with van der Waals surface area (Å²) in [6.07, 6.45) is 4.13. The number of nitrogens with one attached hydrogen (secondary N) is 1. The number of piperidine rings is 1. The molecule has 2 fully saturated rings. The van der Waals surface area contributed by atoms with Gasteiger partial charge in [0.25, 0.3) is 0 Å². The molecule has 1 atom stereocenters. The molecule has 5 nitrogen and oxygen atoms in total. The van der Waals surface area contributed by atoms with Crippen LogP contribution in [0.25, 0.3) is 0 Å². The van der Waals surface area contributed by atoms with E-state index in [1.807, 2.05) is 17.0 Å². The molecule has 0 aliphatic carbocycles. The van der Waals surface area contributed by atoms with Crippen LogP contribution in [-0.4, -0.2) is 54.3 Å². The number of hydrogen-bond donors (Lipinski definition) is 1. The van der Waals surface area contributed by atoms with Gasteiger partial charge in [-0.2, -0.15) is 0 Å². The van der Waals surface area contributed by atoms with Crippen LogP contribution in [0.3, 0.4) is 0 Å². The Labute approximate surface area is 147 Å². The summed E-state index contributed by atoms with van der Waals surface area (Å²) in [5.74, 6) is 0.245. The molecule has 3 rings (SSSR count). The van der Waals surface area contributed by atoms with Crippen LogP contribution in [0, 0.1) is 5.92 Å². The van der Waals surface area contributed by atoms with E-state index in [1.165, 1.54) is 0 Å². The van der Waals surface area contributed by atoms with Crippen molar-refractivity contribution < 1.29 is 9.59 Å². The number of benzene rings is 1. The average molecular weight is 350 g/mol. The van der Waals surface area contributed by atoms with Crippen LogP contribution in [0.2, 0.25) is 5.02 Å². The fourth-order valence-electron chi connectivity index (χ4n) is 3.57. The molecule has 130 valence electrons. The largest absolute Gasteiger partial charge is 0.342 e. The van der Waals surface area contributed by atoms with Crippen molar-refractivity contribution in [3.63, 3.8) is 0 Å². The standard InChI is InChI=1S/C18H24ClN3O2/c19-15-6-3-7-16(11-15)20-17(23)13-21-8-4-5-14(12-21)18(24)22-9-1-2-10-22/h3,6-7,11,14H,1-2,4-5,8-10,12-13H2,(H,20,23)/t14-/m0/s1. The van der Waals surface area contributed by atoms with Gasteiger partial charge in [-0.25, -0.2) is 0 Å². The minimum absolute atomic E-state index is 0.0378. The Kier molecular flexibility index (Phi) is 5.74. The molecule has 2 amide bonds. The van der Waals surface area contributed by atoms with Crippen LogP contribution in [-0.2, 0) is 9.59 Å². The van der Waals surface area contributed by atoms with Crippen LogP contribution in [0.1, 0.15) is 25.7 Å². The van der Waals surface area contributed by atoms with E-state index in [-0.39, 0.29) is 17.7 Å². The molecule has 6 heteroatoms. The second kappa shape index (κ2) is 7.99. The first-order valence-corrected chi connectivity index (χ1v) is 9.06. The quantitative estimate of drug-likeness (QED) is 0.909. The van der Waals surface area contributed by atoms with Crippen LogP contribution in [0.5, 0.6) is 0 Å². The molecule has 0 aromatic heterocycles. The summed E-state index contributed by atoms with van der Waals surface area (Å²) in [6.45, 7) is 3.65. The van der Waals surface area contributed by atoms with E-state index in [4.69, 9.17) is 11.6 Å². The zero-order valence-corrected chi connectivity index (χ0v) is 14.6. The second-order valence-corrected chi connectivity index (χ2v) is 7.10. The summed E-state index contributed by atoms with van der Waals surface area (Å²) < 4.78 is 0. The zero-order chi connectivity index (χ0) is 16.9. The first kappa shape index (κ1) is 17.2. The number of carbonyl (C=O) groups excluding carboxylic acids is 2. The number of likely N-dealkylation sites (tertiary alicyclic amines) is 2. The highest BCUT2D eigenvalue weighted by Gasteiger charge is 2.30. The monoisotopic (exact) mass is 349 g/mol. The number of rotatable bonds is 4. The van der Waals surface area contributed by atoms with Crippen molar-refractivity contribution >= 4 is 29.1 Å². The molecule has 1 aromatic carbocycles. The van der Waals surface area contributed by atoms with Gasteiger partial charge in [0, 0.05) is 30.3 Å². The van der Waals surface area contributed by atoms with E-state index in [0.717, 1.165) is 45.3 Å². The molecule has 0 radical (unpaired) electrons. The molecule has 0 saturated carbocycles. The van der Waals surface area contributed by atoms with Gasteiger partial charge in [0.1, 0.15) is 0 Å². The minimum Gasteiger partial charge on any atom is -0.342 e. The minimum atomic E-state index is -0.0634. The molecule has 24 heavy (non-hydrogen) atoms. The third-order valence-corrected chi connectivity index (χ3v) is 4.98. The Morgan fingerprint density at radius 1 is 1.17 bits per heavy atom. The van der Waals surface area contributed by atoms with Crippen LogP contribution in [0.15, 0.2) is 24.3 Å². The average Bonchev–Trinajstić information content (AvgIpc) is 3.08. The number of hydrogen-bond acceptors (Lipinski definition) is 3. The van der Waals surface area contributed by atoms with E-state index in [9.17, 15) is 9.59 Å². The van der Waals surface area contributed by atoms with Crippen molar-refractivity contribution in [2.24, 2.45) is 5.92 Å². The van der Waals surface area contributed by atoms with E-state index in [2.05, 4.69) is 10.2 Å². The number of amides is 2. The normalized spacial score (nSPS) is 21.7. The first-order valence-electron chi connectivity index (χ1n) is 8.68. The highest BCUT2D eigenvalue weighted by molar-refractivity contribution is 6.30. The molecule has 2 aliphatic rings. The van der Waals surface area contributed by atoms with Crippen molar-refractivity contribution in [3.8, 4) is 0 Å². The van der Waals surface area contributed by atoms with Crippen molar-refractivity contribution in [2.75, 3.05) is 38.0 Å². The topological polar surface area (TPSA) is 52.7 Å². The zero-order valence-electron chi connectivity index (χ0n) is 13.8. The SMILES string of the molecule is O=C(CN1CCC[C@H](C(=O)N2CCCC2)C1)Nc1cccc(Cl)c1. The van der Waals surface area contributed by atoms with Gasteiger partial charge >= 0.3 is 0 Å². The Bertz CT molecular complexity index is 602. The smallest absolute Gasteiger partial charge is 0.238 e.